The van der Waals surface area contributed by atoms with E-state index in [4.69, 9.17) is 9.47 Å². The van der Waals surface area contributed by atoms with Crippen molar-refractivity contribution in [3.05, 3.63) is 36.5 Å². The van der Waals surface area contributed by atoms with E-state index in [2.05, 4.69) is 55.6 Å². The second kappa shape index (κ2) is 44.5. The van der Waals surface area contributed by atoms with Crippen LogP contribution in [0.25, 0.3) is 0 Å². The van der Waals surface area contributed by atoms with E-state index in [1.54, 1.807) is 0 Å². The molecule has 1 heterocycles. The number of amides is 1. The fraction of sp³-hybridized carbons (Fsp3) is 0.873. The maximum atomic E-state index is 13.1. The molecule has 9 atom stereocenters. The second-order valence-electron chi connectivity index (χ2n) is 19.3. The summed E-state index contributed by atoms with van der Waals surface area (Å²) < 4.78 is 11.1. The fourth-order valence-electron chi connectivity index (χ4n) is 8.63. The molecule has 9 unspecified atom stereocenters. The number of carbonyl (C=O) groups is 1. The maximum absolute atomic E-state index is 13.1. The van der Waals surface area contributed by atoms with E-state index in [9.17, 15) is 40.5 Å². The Morgan fingerprint density at radius 2 is 0.909 bits per heavy atom. The Kier molecular flexibility index (Phi) is 42.1. The molecular weight excluding hydrogens is 835 g/mol. The molecule has 11 nitrogen and oxygen atoms in total. The molecule has 11 heteroatoms. The molecule has 388 valence electrons. The summed E-state index contributed by atoms with van der Waals surface area (Å²) in [6.07, 6.45) is 42.1. The first-order valence-electron chi connectivity index (χ1n) is 27.4. The van der Waals surface area contributed by atoms with Crippen molar-refractivity contribution in [2.45, 2.75) is 294 Å². The van der Waals surface area contributed by atoms with Crippen LogP contribution in [0.2, 0.25) is 0 Å². The van der Waals surface area contributed by atoms with Gasteiger partial charge in [0.2, 0.25) is 5.91 Å². The van der Waals surface area contributed by atoms with Crippen LogP contribution in [0.1, 0.15) is 239 Å². The van der Waals surface area contributed by atoms with Gasteiger partial charge in [-0.3, -0.25) is 4.79 Å². The minimum absolute atomic E-state index is 0.245. The highest BCUT2D eigenvalue weighted by Gasteiger charge is 2.44. The van der Waals surface area contributed by atoms with E-state index in [0.717, 1.165) is 38.5 Å². The van der Waals surface area contributed by atoms with Gasteiger partial charge in [-0.1, -0.05) is 198 Å². The Balaban J connectivity index is 2.31. The molecule has 0 bridgehead atoms. The highest BCUT2D eigenvalue weighted by molar-refractivity contribution is 5.80. The van der Waals surface area contributed by atoms with Crippen LogP contribution in [0.4, 0.5) is 0 Å². The van der Waals surface area contributed by atoms with E-state index in [1.807, 2.05) is 0 Å². The van der Waals surface area contributed by atoms with Crippen molar-refractivity contribution in [2.75, 3.05) is 13.2 Å². The normalized spacial score (nSPS) is 21.0. The molecule has 0 aromatic carbocycles. The Labute approximate surface area is 403 Å². The molecule has 1 fully saturated rings. The van der Waals surface area contributed by atoms with Crippen molar-refractivity contribution >= 4 is 5.91 Å². The van der Waals surface area contributed by atoms with Gasteiger partial charge in [-0.15, -0.1) is 0 Å². The Bertz CT molecular complexity index is 1170. The maximum Gasteiger partial charge on any atom is 0.249 e. The number of ether oxygens (including phenoxy) is 2. The molecule has 0 aliphatic carbocycles. The first-order valence-corrected chi connectivity index (χ1v) is 27.4. The van der Waals surface area contributed by atoms with Gasteiger partial charge in [-0.05, 0) is 77.0 Å². The summed E-state index contributed by atoms with van der Waals surface area (Å²) in [5.74, 6) is -0.711. The first-order chi connectivity index (χ1) is 32.2. The van der Waals surface area contributed by atoms with Gasteiger partial charge in [0, 0.05) is 0 Å². The van der Waals surface area contributed by atoms with Crippen LogP contribution in [-0.4, -0.2) is 110 Å². The smallest absolute Gasteiger partial charge is 0.249 e. The van der Waals surface area contributed by atoms with Gasteiger partial charge in [0.1, 0.15) is 36.6 Å². The molecule has 0 spiro atoms. The van der Waals surface area contributed by atoms with E-state index in [-0.39, 0.29) is 12.8 Å². The van der Waals surface area contributed by atoms with Crippen LogP contribution in [0.3, 0.4) is 0 Å². The van der Waals surface area contributed by atoms with Gasteiger partial charge < -0.3 is 50.5 Å². The quantitative estimate of drug-likeness (QED) is 0.0215. The predicted molar refractivity (Wildman–Crippen MR) is 270 cm³/mol. The zero-order valence-corrected chi connectivity index (χ0v) is 42.2. The largest absolute Gasteiger partial charge is 0.394 e. The molecule has 66 heavy (non-hydrogen) atoms. The van der Waals surface area contributed by atoms with Crippen LogP contribution in [-0.2, 0) is 14.3 Å². The number of nitrogens with one attached hydrogen (secondary N) is 1. The van der Waals surface area contributed by atoms with Crippen LogP contribution in [0.15, 0.2) is 36.5 Å². The second-order valence-corrected chi connectivity index (χ2v) is 19.3. The number of hydrogen-bond donors (Lipinski definition) is 8. The number of unbranched alkanes of at least 4 members (excludes halogenated alkanes) is 28. The summed E-state index contributed by atoms with van der Waals surface area (Å²) in [5.41, 5.74) is 0. The standard InChI is InChI=1S/C55H103NO10/c1-3-5-7-9-11-13-15-17-18-19-20-21-22-23-24-25-26-27-28-29-31-33-35-37-39-41-43-48(59)54(64)56-46(45-65-55-53(63)52(62)51(61)49(44-57)66-55)50(60)47(58)42-40-38-36-34-32-30-16-14-12-10-8-6-4-2/h14,16,23-24,34,36,46-53,55,57-63H,3-13,15,17-22,25-33,35,37-45H2,1-2H3,(H,56,64)/b16-14+,24-23-,36-34+. The van der Waals surface area contributed by atoms with Crippen LogP contribution >= 0.6 is 0 Å². The lowest BCUT2D eigenvalue weighted by atomic mass is 9.98. The third-order valence-corrected chi connectivity index (χ3v) is 13.1. The summed E-state index contributed by atoms with van der Waals surface area (Å²) in [5, 5.41) is 75.8. The number of allylic oxidation sites excluding steroid dienone is 6. The van der Waals surface area contributed by atoms with Gasteiger partial charge in [0.25, 0.3) is 0 Å². The molecule has 8 N–H and O–H groups in total. The molecule has 0 radical (unpaired) electrons. The van der Waals surface area contributed by atoms with E-state index >= 15 is 0 Å². The molecule has 1 aliphatic rings. The summed E-state index contributed by atoms with van der Waals surface area (Å²) in [6.45, 7) is 3.41. The van der Waals surface area contributed by atoms with Gasteiger partial charge >= 0.3 is 0 Å². The lowest BCUT2D eigenvalue weighted by Crippen LogP contribution is -2.60. The van der Waals surface area contributed by atoms with Gasteiger partial charge in [0.05, 0.1) is 25.4 Å². The van der Waals surface area contributed by atoms with Crippen LogP contribution in [0, 0.1) is 0 Å². The van der Waals surface area contributed by atoms with E-state index in [0.29, 0.717) is 19.3 Å². The Hall–Kier alpha value is -1.67. The minimum atomic E-state index is -1.67. The van der Waals surface area contributed by atoms with Crippen molar-refractivity contribution in [3.63, 3.8) is 0 Å². The van der Waals surface area contributed by atoms with E-state index < -0.39 is 74.2 Å². The zero-order valence-electron chi connectivity index (χ0n) is 42.2. The fourth-order valence-corrected chi connectivity index (χ4v) is 8.63. The van der Waals surface area contributed by atoms with Crippen molar-refractivity contribution in [1.29, 1.82) is 0 Å². The van der Waals surface area contributed by atoms with Gasteiger partial charge in [-0.2, -0.15) is 0 Å². The molecule has 0 aromatic heterocycles. The average Bonchev–Trinajstić information content (AvgIpc) is 3.32. The lowest BCUT2D eigenvalue weighted by molar-refractivity contribution is -0.303. The average molecular weight is 938 g/mol. The van der Waals surface area contributed by atoms with Gasteiger partial charge in [-0.25, -0.2) is 0 Å². The number of carbonyl (C=O) groups excluding carboxylic acids is 1. The molecule has 1 rings (SSSR count). The molecule has 1 saturated heterocycles. The Morgan fingerprint density at radius 3 is 1.36 bits per heavy atom. The number of aliphatic hydroxyl groups is 7. The summed E-state index contributed by atoms with van der Waals surface area (Å²) in [4.78, 5) is 13.1. The number of rotatable bonds is 46. The topological polar surface area (TPSA) is 189 Å². The first kappa shape index (κ1) is 62.3. The monoisotopic (exact) mass is 938 g/mol. The number of aliphatic hydroxyl groups excluding tert-OH is 7. The molecule has 1 amide bonds. The SMILES string of the molecule is CCCCCC/C=C/CC/C=C/CCCC(O)C(O)C(COC1OC(CO)C(O)C(O)C1O)NC(=O)C(O)CCCCCCCCCCCC/C=C\CCCCCCCCCCCCCC. The summed E-state index contributed by atoms with van der Waals surface area (Å²) in [7, 11) is 0. The molecule has 0 saturated carbocycles. The summed E-state index contributed by atoms with van der Waals surface area (Å²) in [6, 6.07) is -1.19. The molecular formula is C55H103NO10. The third-order valence-electron chi connectivity index (χ3n) is 13.1. The highest BCUT2D eigenvalue weighted by Crippen LogP contribution is 2.23. The van der Waals surface area contributed by atoms with E-state index in [1.165, 1.54) is 154 Å². The van der Waals surface area contributed by atoms with Crippen molar-refractivity contribution in [3.8, 4) is 0 Å². The molecule has 1 aliphatic heterocycles. The zero-order chi connectivity index (χ0) is 48.3. The third kappa shape index (κ3) is 33.0. The van der Waals surface area contributed by atoms with Crippen molar-refractivity contribution in [2.24, 2.45) is 0 Å². The Morgan fingerprint density at radius 1 is 0.515 bits per heavy atom. The van der Waals surface area contributed by atoms with Crippen molar-refractivity contribution < 1.29 is 50.0 Å². The van der Waals surface area contributed by atoms with Crippen LogP contribution < -0.4 is 5.32 Å². The minimum Gasteiger partial charge on any atom is -0.394 e. The van der Waals surface area contributed by atoms with Crippen molar-refractivity contribution in [1.82, 2.24) is 5.32 Å². The molecule has 0 aromatic rings. The predicted octanol–water partition coefficient (Wildman–Crippen LogP) is 10.7. The number of hydrogen-bond acceptors (Lipinski definition) is 10. The highest BCUT2D eigenvalue weighted by atomic mass is 16.7. The summed E-state index contributed by atoms with van der Waals surface area (Å²) >= 11 is 0. The lowest BCUT2D eigenvalue weighted by Gasteiger charge is -2.40. The van der Waals surface area contributed by atoms with Crippen LogP contribution in [0.5, 0.6) is 0 Å². The van der Waals surface area contributed by atoms with Gasteiger partial charge in [0.15, 0.2) is 6.29 Å².